The second kappa shape index (κ2) is 8.24. The Morgan fingerprint density at radius 3 is 2.59 bits per heavy atom. The highest BCUT2D eigenvalue weighted by Gasteiger charge is 2.12. The molecule has 1 aromatic carbocycles. The van der Waals surface area contributed by atoms with Crippen LogP contribution >= 0.6 is 23.2 Å². The van der Waals surface area contributed by atoms with Crippen LogP contribution < -0.4 is 5.32 Å². The van der Waals surface area contributed by atoms with Crippen molar-refractivity contribution in [2.75, 3.05) is 5.32 Å². The van der Waals surface area contributed by atoms with E-state index in [0.29, 0.717) is 22.4 Å². The number of rotatable bonds is 7. The Labute approximate surface area is 164 Å². The van der Waals surface area contributed by atoms with Gasteiger partial charge in [0.25, 0.3) is 5.91 Å². The zero-order valence-electron chi connectivity index (χ0n) is 14.0. The van der Waals surface area contributed by atoms with Gasteiger partial charge in [0.15, 0.2) is 11.5 Å². The fraction of sp³-hybridized carbons (Fsp3) is 0.176. The lowest BCUT2D eigenvalue weighted by molar-refractivity contribution is -0.137. The predicted molar refractivity (Wildman–Crippen MR) is 100 cm³/mol. The lowest BCUT2D eigenvalue weighted by Crippen LogP contribution is -2.14. The molecular weight excluding hydrogens is 393 g/mol. The molecule has 3 aromatic rings. The third-order valence-corrected chi connectivity index (χ3v) is 4.24. The van der Waals surface area contributed by atoms with Crippen molar-refractivity contribution >= 4 is 40.9 Å². The maximum Gasteiger partial charge on any atom is 0.305 e. The van der Waals surface area contributed by atoms with E-state index in [1.807, 2.05) is 6.07 Å². The van der Waals surface area contributed by atoms with E-state index in [0.717, 1.165) is 5.56 Å². The molecule has 1 amide bonds. The van der Waals surface area contributed by atoms with Gasteiger partial charge in [0.2, 0.25) is 0 Å². The van der Waals surface area contributed by atoms with Crippen molar-refractivity contribution in [1.29, 1.82) is 0 Å². The Hall–Kier alpha value is -2.84. The minimum absolute atomic E-state index is 0.0690. The van der Waals surface area contributed by atoms with E-state index in [2.05, 4.69) is 15.5 Å². The topological polar surface area (TPSA) is 102 Å². The highest BCUT2D eigenvalue weighted by Crippen LogP contribution is 2.21. The number of nitrogens with one attached hydrogen (secondary N) is 1. The van der Waals surface area contributed by atoms with Crippen molar-refractivity contribution in [2.24, 2.45) is 0 Å². The molecule has 0 saturated carbocycles. The van der Waals surface area contributed by atoms with E-state index in [9.17, 15) is 9.59 Å². The number of aryl methyl sites for hydroxylation is 1. The van der Waals surface area contributed by atoms with Gasteiger partial charge in [0, 0.05) is 28.5 Å². The highest BCUT2D eigenvalue weighted by molar-refractivity contribution is 6.35. The Morgan fingerprint density at radius 2 is 1.85 bits per heavy atom. The minimum atomic E-state index is -0.928. The summed E-state index contributed by atoms with van der Waals surface area (Å²) in [4.78, 5) is 22.8. The molecular formula is C17H15Cl2N5O3. The third-order valence-electron chi connectivity index (χ3n) is 3.66. The summed E-state index contributed by atoms with van der Waals surface area (Å²) in [6.07, 6.45) is 3.20. The number of amides is 1. The number of carboxylic acids is 1. The molecule has 10 heteroatoms. The van der Waals surface area contributed by atoms with Crippen LogP contribution in [0.4, 0.5) is 5.82 Å². The first-order chi connectivity index (χ1) is 12.9. The molecule has 2 heterocycles. The number of carbonyl (C=O) groups excluding carboxylic acids is 1. The zero-order valence-corrected chi connectivity index (χ0v) is 15.5. The standard InChI is InChI=1S/C17H15Cl2N5O3/c18-12-2-1-11(13(19)9-12)10-24-7-4-15(22-24)20-17(27)14-3-6-23(21-14)8-5-16(25)26/h1-4,6-7,9H,5,8,10H2,(H,25,26)(H,20,22,27). The van der Waals surface area contributed by atoms with Gasteiger partial charge in [-0.25, -0.2) is 0 Å². The third kappa shape index (κ3) is 5.08. The summed E-state index contributed by atoms with van der Waals surface area (Å²) in [5, 5.41) is 20.8. The number of benzene rings is 1. The van der Waals surface area contributed by atoms with E-state index >= 15 is 0 Å². The molecule has 2 N–H and O–H groups in total. The van der Waals surface area contributed by atoms with Gasteiger partial charge in [-0.05, 0) is 23.8 Å². The summed E-state index contributed by atoms with van der Waals surface area (Å²) in [6, 6.07) is 8.39. The minimum Gasteiger partial charge on any atom is -0.481 e. The Morgan fingerprint density at radius 1 is 1.07 bits per heavy atom. The molecule has 27 heavy (non-hydrogen) atoms. The number of anilines is 1. The van der Waals surface area contributed by atoms with Gasteiger partial charge in [0.05, 0.1) is 19.5 Å². The van der Waals surface area contributed by atoms with Crippen LogP contribution in [0.2, 0.25) is 10.0 Å². The second-order valence-corrected chi connectivity index (χ2v) is 6.54. The molecule has 0 unspecified atom stereocenters. The smallest absolute Gasteiger partial charge is 0.305 e. The number of halogens is 2. The Bertz CT molecular complexity index is 983. The van der Waals surface area contributed by atoms with Gasteiger partial charge in [0.1, 0.15) is 0 Å². The highest BCUT2D eigenvalue weighted by atomic mass is 35.5. The van der Waals surface area contributed by atoms with Gasteiger partial charge in [-0.15, -0.1) is 0 Å². The molecule has 2 aromatic heterocycles. The van der Waals surface area contributed by atoms with Crippen molar-refractivity contribution < 1.29 is 14.7 Å². The van der Waals surface area contributed by atoms with Crippen LogP contribution in [0.1, 0.15) is 22.5 Å². The maximum atomic E-state index is 12.2. The van der Waals surface area contributed by atoms with Crippen molar-refractivity contribution in [3.8, 4) is 0 Å². The van der Waals surface area contributed by atoms with Gasteiger partial charge in [-0.2, -0.15) is 10.2 Å². The van der Waals surface area contributed by atoms with Gasteiger partial charge in [-0.3, -0.25) is 19.0 Å². The van der Waals surface area contributed by atoms with E-state index in [1.165, 1.54) is 10.7 Å². The summed E-state index contributed by atoms with van der Waals surface area (Å²) >= 11 is 12.0. The predicted octanol–water partition coefficient (Wildman–Crippen LogP) is 3.16. The average molecular weight is 408 g/mol. The number of aromatic nitrogens is 4. The van der Waals surface area contributed by atoms with Crippen LogP contribution in [-0.2, 0) is 17.9 Å². The van der Waals surface area contributed by atoms with Crippen LogP contribution in [0, 0.1) is 0 Å². The number of aliphatic carboxylic acids is 1. The lowest BCUT2D eigenvalue weighted by Gasteiger charge is -2.05. The first-order valence-corrected chi connectivity index (χ1v) is 8.70. The molecule has 8 nitrogen and oxygen atoms in total. The Balaban J connectivity index is 1.61. The molecule has 0 atom stereocenters. The van der Waals surface area contributed by atoms with Crippen LogP contribution in [-0.4, -0.2) is 36.5 Å². The molecule has 140 valence electrons. The summed E-state index contributed by atoms with van der Waals surface area (Å²) in [5.74, 6) is -0.994. The lowest BCUT2D eigenvalue weighted by atomic mass is 10.2. The quantitative estimate of drug-likeness (QED) is 0.625. The van der Waals surface area contributed by atoms with E-state index < -0.39 is 11.9 Å². The van der Waals surface area contributed by atoms with Crippen molar-refractivity contribution in [3.63, 3.8) is 0 Å². The first-order valence-electron chi connectivity index (χ1n) is 7.95. The number of nitrogens with zero attached hydrogens (tertiary/aromatic N) is 4. The molecule has 0 aliphatic carbocycles. The maximum absolute atomic E-state index is 12.2. The fourth-order valence-electron chi connectivity index (χ4n) is 2.34. The summed E-state index contributed by atoms with van der Waals surface area (Å²) < 4.78 is 3.04. The van der Waals surface area contributed by atoms with Crippen LogP contribution in [0.3, 0.4) is 0 Å². The molecule has 0 fully saturated rings. The molecule has 0 radical (unpaired) electrons. The average Bonchev–Trinajstić information content (AvgIpc) is 3.25. The molecule has 0 bridgehead atoms. The van der Waals surface area contributed by atoms with Crippen LogP contribution in [0.15, 0.2) is 42.7 Å². The van der Waals surface area contributed by atoms with Crippen LogP contribution in [0.25, 0.3) is 0 Å². The zero-order chi connectivity index (χ0) is 19.4. The first kappa shape index (κ1) is 18.9. The van der Waals surface area contributed by atoms with Crippen molar-refractivity contribution in [2.45, 2.75) is 19.5 Å². The summed E-state index contributed by atoms with van der Waals surface area (Å²) in [5.41, 5.74) is 1.02. The van der Waals surface area contributed by atoms with E-state index in [4.69, 9.17) is 28.3 Å². The summed E-state index contributed by atoms with van der Waals surface area (Å²) in [7, 11) is 0. The van der Waals surface area contributed by atoms with Crippen molar-refractivity contribution in [1.82, 2.24) is 19.6 Å². The Kier molecular flexibility index (Phi) is 5.78. The number of carboxylic acid groups (broad SMARTS) is 1. The van der Waals surface area contributed by atoms with E-state index in [-0.39, 0.29) is 18.7 Å². The fourth-order valence-corrected chi connectivity index (χ4v) is 2.81. The second-order valence-electron chi connectivity index (χ2n) is 5.70. The SMILES string of the molecule is O=C(O)CCn1ccc(C(=O)Nc2ccn(Cc3ccc(Cl)cc3Cl)n2)n1. The largest absolute Gasteiger partial charge is 0.481 e. The molecule has 0 aliphatic heterocycles. The molecule has 0 aliphatic rings. The van der Waals surface area contributed by atoms with Crippen LogP contribution in [0.5, 0.6) is 0 Å². The molecule has 0 saturated heterocycles. The van der Waals surface area contributed by atoms with Crippen molar-refractivity contribution in [3.05, 3.63) is 64.0 Å². The number of hydrogen-bond donors (Lipinski definition) is 2. The van der Waals surface area contributed by atoms with Gasteiger partial charge >= 0.3 is 5.97 Å². The van der Waals surface area contributed by atoms with Gasteiger partial charge < -0.3 is 10.4 Å². The number of carbonyl (C=O) groups is 2. The van der Waals surface area contributed by atoms with Gasteiger partial charge in [-0.1, -0.05) is 29.3 Å². The normalized spacial score (nSPS) is 10.7. The number of hydrogen-bond acceptors (Lipinski definition) is 4. The van der Waals surface area contributed by atoms with E-state index in [1.54, 1.807) is 35.3 Å². The monoisotopic (exact) mass is 407 g/mol. The molecule has 0 spiro atoms. The molecule has 3 rings (SSSR count). The summed E-state index contributed by atoms with van der Waals surface area (Å²) in [6.45, 7) is 0.620.